The zero-order valence-corrected chi connectivity index (χ0v) is 15.9. The second kappa shape index (κ2) is 6.06. The first kappa shape index (κ1) is 18.3. The summed E-state index contributed by atoms with van der Waals surface area (Å²) in [6.07, 6.45) is -0.271. The van der Waals surface area contributed by atoms with Crippen LogP contribution in [-0.4, -0.2) is 16.8 Å². The number of anilines is 1. The lowest BCUT2D eigenvalue weighted by molar-refractivity contribution is -0.133. The molecule has 0 radical (unpaired) electrons. The molecule has 0 spiro atoms. The number of amides is 1. The van der Waals surface area contributed by atoms with E-state index in [0.29, 0.717) is 16.8 Å². The summed E-state index contributed by atoms with van der Waals surface area (Å²) in [6, 6.07) is 11.0. The number of hydrogen-bond donors (Lipinski definition) is 2. The molecule has 1 heterocycles. The van der Waals surface area contributed by atoms with Crippen LogP contribution in [0, 0.1) is 13.8 Å². The Morgan fingerprint density at radius 3 is 2.27 bits per heavy atom. The Hall–Kier alpha value is -2.46. The summed E-state index contributed by atoms with van der Waals surface area (Å²) in [6.45, 7) is 10.2. The molecule has 4 nitrogen and oxygen atoms in total. The quantitative estimate of drug-likeness (QED) is 0.821. The first-order valence-electron chi connectivity index (χ1n) is 8.82. The molecule has 0 aliphatic carbocycles. The Labute approximate surface area is 154 Å². The summed E-state index contributed by atoms with van der Waals surface area (Å²) < 4.78 is 0. The van der Waals surface area contributed by atoms with E-state index in [4.69, 9.17) is 0 Å². The van der Waals surface area contributed by atoms with E-state index in [-0.39, 0.29) is 17.6 Å². The fourth-order valence-corrected chi connectivity index (χ4v) is 3.63. The molecule has 1 amide bonds. The highest BCUT2D eigenvalue weighted by molar-refractivity contribution is 6.10. The van der Waals surface area contributed by atoms with Crippen LogP contribution in [-0.2, 0) is 15.8 Å². The maximum Gasteiger partial charge on any atom is 0.261 e. The van der Waals surface area contributed by atoms with E-state index >= 15 is 0 Å². The largest absolute Gasteiger partial charge is 0.375 e. The number of carbonyl (C=O) groups is 2. The standard InChI is InChI=1S/C22H25NO3/c1-13-10-15(21(3,4)5)11-14(2)19(13)18(24)12-22(26)16-8-6-7-9-17(16)23-20(22)25/h6-11,26H,12H2,1-5H3,(H,23,25)/t22-/m1/s1. The molecule has 4 heteroatoms. The lowest BCUT2D eigenvalue weighted by Crippen LogP contribution is -2.36. The number of hydrogen-bond acceptors (Lipinski definition) is 3. The van der Waals surface area contributed by atoms with Gasteiger partial charge in [-0.15, -0.1) is 0 Å². The van der Waals surface area contributed by atoms with Crippen molar-refractivity contribution in [3.05, 3.63) is 64.2 Å². The third kappa shape index (κ3) is 2.95. The number of nitrogens with one attached hydrogen (secondary N) is 1. The van der Waals surface area contributed by atoms with Crippen molar-refractivity contribution >= 4 is 17.4 Å². The molecule has 1 atom stereocenters. The summed E-state index contributed by atoms with van der Waals surface area (Å²) in [5.74, 6) is -0.775. The summed E-state index contributed by atoms with van der Waals surface area (Å²) in [7, 11) is 0. The number of Topliss-reactive ketones (excluding diaryl/α,β-unsaturated/α-hetero) is 1. The number of para-hydroxylation sites is 1. The molecular weight excluding hydrogens is 326 g/mol. The van der Waals surface area contributed by atoms with E-state index < -0.39 is 11.5 Å². The number of rotatable bonds is 3. The Balaban J connectivity index is 1.98. The Kier molecular flexibility index (Phi) is 4.27. The van der Waals surface area contributed by atoms with Gasteiger partial charge in [-0.05, 0) is 42.0 Å². The zero-order chi connectivity index (χ0) is 19.3. The molecule has 2 aromatic rings. The molecule has 0 fully saturated rings. The van der Waals surface area contributed by atoms with Gasteiger partial charge in [0.25, 0.3) is 5.91 Å². The maximum atomic E-state index is 13.0. The van der Waals surface area contributed by atoms with Crippen LogP contribution in [0.2, 0.25) is 0 Å². The maximum absolute atomic E-state index is 13.0. The van der Waals surface area contributed by atoms with Crippen molar-refractivity contribution < 1.29 is 14.7 Å². The number of benzene rings is 2. The first-order valence-corrected chi connectivity index (χ1v) is 8.82. The van der Waals surface area contributed by atoms with Crippen molar-refractivity contribution in [1.82, 2.24) is 0 Å². The van der Waals surface area contributed by atoms with Crippen LogP contribution in [0.4, 0.5) is 5.69 Å². The van der Waals surface area contributed by atoms with E-state index in [1.165, 1.54) is 0 Å². The fraction of sp³-hybridized carbons (Fsp3) is 0.364. The van der Waals surface area contributed by atoms with Gasteiger partial charge in [-0.1, -0.05) is 51.1 Å². The van der Waals surface area contributed by atoms with Crippen molar-refractivity contribution in [3.63, 3.8) is 0 Å². The molecule has 1 aliphatic heterocycles. The number of aryl methyl sites for hydroxylation is 2. The number of carbonyl (C=O) groups excluding carboxylic acids is 2. The minimum atomic E-state index is -1.82. The van der Waals surface area contributed by atoms with Crippen molar-refractivity contribution in [2.45, 2.75) is 52.1 Å². The van der Waals surface area contributed by atoms with Gasteiger partial charge in [0.05, 0.1) is 6.42 Å². The smallest absolute Gasteiger partial charge is 0.261 e. The van der Waals surface area contributed by atoms with E-state index in [1.54, 1.807) is 24.3 Å². The van der Waals surface area contributed by atoms with Gasteiger partial charge in [-0.2, -0.15) is 0 Å². The van der Waals surface area contributed by atoms with Crippen LogP contribution in [0.5, 0.6) is 0 Å². The van der Waals surface area contributed by atoms with Crippen LogP contribution < -0.4 is 5.32 Å². The van der Waals surface area contributed by atoms with E-state index in [0.717, 1.165) is 16.7 Å². The highest BCUT2D eigenvalue weighted by Crippen LogP contribution is 2.39. The van der Waals surface area contributed by atoms with Crippen molar-refractivity contribution in [1.29, 1.82) is 0 Å². The van der Waals surface area contributed by atoms with Crippen LogP contribution in [0.3, 0.4) is 0 Å². The van der Waals surface area contributed by atoms with Crippen LogP contribution in [0.25, 0.3) is 0 Å². The molecule has 0 unspecified atom stereocenters. The molecule has 0 saturated carbocycles. The molecule has 1 aliphatic rings. The van der Waals surface area contributed by atoms with Gasteiger partial charge in [0.1, 0.15) is 0 Å². The second-order valence-electron chi connectivity index (χ2n) is 8.19. The van der Waals surface area contributed by atoms with Gasteiger partial charge in [0, 0.05) is 16.8 Å². The van der Waals surface area contributed by atoms with Gasteiger partial charge in [0.15, 0.2) is 11.4 Å². The zero-order valence-electron chi connectivity index (χ0n) is 15.9. The second-order valence-corrected chi connectivity index (χ2v) is 8.19. The molecule has 136 valence electrons. The summed E-state index contributed by atoms with van der Waals surface area (Å²) >= 11 is 0. The number of ketones is 1. The summed E-state index contributed by atoms with van der Waals surface area (Å²) in [4.78, 5) is 25.4. The third-order valence-corrected chi connectivity index (χ3v) is 5.09. The molecule has 2 aromatic carbocycles. The molecular formula is C22H25NO3. The van der Waals surface area contributed by atoms with E-state index in [9.17, 15) is 14.7 Å². The molecule has 2 N–H and O–H groups in total. The van der Waals surface area contributed by atoms with Crippen molar-refractivity contribution in [2.75, 3.05) is 5.32 Å². The summed E-state index contributed by atoms with van der Waals surface area (Å²) in [5.41, 5.74) is 2.67. The van der Waals surface area contributed by atoms with Crippen LogP contribution in [0.1, 0.15) is 59.8 Å². The first-order chi connectivity index (χ1) is 12.0. The monoisotopic (exact) mass is 351 g/mol. The normalized spacial score (nSPS) is 19.2. The number of aliphatic hydroxyl groups is 1. The highest BCUT2D eigenvalue weighted by Gasteiger charge is 2.46. The topological polar surface area (TPSA) is 66.4 Å². The van der Waals surface area contributed by atoms with Gasteiger partial charge in [0.2, 0.25) is 0 Å². The van der Waals surface area contributed by atoms with E-state index in [1.807, 2.05) is 26.0 Å². The third-order valence-electron chi connectivity index (χ3n) is 5.09. The minimum absolute atomic E-state index is 0.0143. The van der Waals surface area contributed by atoms with Gasteiger partial charge in [-0.3, -0.25) is 9.59 Å². The van der Waals surface area contributed by atoms with Gasteiger partial charge in [-0.25, -0.2) is 0 Å². The van der Waals surface area contributed by atoms with Crippen LogP contribution in [0.15, 0.2) is 36.4 Å². The SMILES string of the molecule is Cc1cc(C(C)(C)C)cc(C)c1C(=O)C[C@]1(O)C(=O)Nc2ccccc21. The predicted octanol–water partition coefficient (Wildman–Crippen LogP) is 4.01. The lowest BCUT2D eigenvalue weighted by atomic mass is 9.81. The average Bonchev–Trinajstić information content (AvgIpc) is 2.77. The molecule has 0 bridgehead atoms. The Morgan fingerprint density at radius 1 is 1.12 bits per heavy atom. The minimum Gasteiger partial charge on any atom is -0.375 e. The molecule has 0 saturated heterocycles. The van der Waals surface area contributed by atoms with Crippen LogP contribution >= 0.6 is 0 Å². The Morgan fingerprint density at radius 2 is 1.69 bits per heavy atom. The fourth-order valence-electron chi connectivity index (χ4n) is 3.63. The molecule has 26 heavy (non-hydrogen) atoms. The number of fused-ring (bicyclic) bond motifs is 1. The van der Waals surface area contributed by atoms with E-state index in [2.05, 4.69) is 26.1 Å². The highest BCUT2D eigenvalue weighted by atomic mass is 16.3. The average molecular weight is 351 g/mol. The predicted molar refractivity (Wildman–Crippen MR) is 103 cm³/mol. The Bertz CT molecular complexity index is 885. The molecule has 3 rings (SSSR count). The van der Waals surface area contributed by atoms with Gasteiger partial charge >= 0.3 is 0 Å². The molecule has 0 aromatic heterocycles. The van der Waals surface area contributed by atoms with Gasteiger partial charge < -0.3 is 10.4 Å². The van der Waals surface area contributed by atoms with Crippen molar-refractivity contribution in [2.24, 2.45) is 0 Å². The lowest BCUT2D eigenvalue weighted by Gasteiger charge is -2.24. The summed E-state index contributed by atoms with van der Waals surface area (Å²) in [5, 5.41) is 13.6. The van der Waals surface area contributed by atoms with Crippen molar-refractivity contribution in [3.8, 4) is 0 Å².